The van der Waals surface area contributed by atoms with Gasteiger partial charge in [0.25, 0.3) is 0 Å². The molecule has 6 heteroatoms. The number of aliphatic carboxylic acids is 1. The topological polar surface area (TPSA) is 69.6 Å². The van der Waals surface area contributed by atoms with Gasteiger partial charge in [0.2, 0.25) is 0 Å². The van der Waals surface area contributed by atoms with E-state index in [0.29, 0.717) is 18.2 Å². The molecule has 0 aromatic carbocycles. The second-order valence-electron chi connectivity index (χ2n) is 5.87. The van der Waals surface area contributed by atoms with Gasteiger partial charge < -0.3 is 10.4 Å². The lowest BCUT2D eigenvalue weighted by molar-refractivity contribution is -0.141. The number of amides is 2. The quantitative estimate of drug-likeness (QED) is 0.829. The summed E-state index contributed by atoms with van der Waals surface area (Å²) in [5.74, 6) is 0.102. The van der Waals surface area contributed by atoms with E-state index >= 15 is 0 Å². The van der Waals surface area contributed by atoms with Crippen molar-refractivity contribution < 1.29 is 14.7 Å². The van der Waals surface area contributed by atoms with Gasteiger partial charge in [0.1, 0.15) is 6.04 Å². The van der Waals surface area contributed by atoms with Crippen LogP contribution in [0.3, 0.4) is 0 Å². The first kappa shape index (κ1) is 14.5. The molecule has 2 fully saturated rings. The summed E-state index contributed by atoms with van der Waals surface area (Å²) < 4.78 is 0. The minimum Gasteiger partial charge on any atom is -0.480 e. The predicted octanol–water partition coefficient (Wildman–Crippen LogP) is 1.98. The van der Waals surface area contributed by atoms with E-state index in [9.17, 15) is 9.59 Å². The van der Waals surface area contributed by atoms with E-state index in [4.69, 9.17) is 5.11 Å². The molecule has 2 unspecified atom stereocenters. The molecule has 0 spiro atoms. The van der Waals surface area contributed by atoms with Crippen LogP contribution >= 0.6 is 11.8 Å². The van der Waals surface area contributed by atoms with Gasteiger partial charge in [0.15, 0.2) is 0 Å². The highest BCUT2D eigenvalue weighted by Gasteiger charge is 2.46. The molecule has 1 aliphatic carbocycles. The number of hydrogen-bond donors (Lipinski definition) is 2. The summed E-state index contributed by atoms with van der Waals surface area (Å²) in [6.45, 7) is 6.88. The monoisotopic (exact) mass is 286 g/mol. The zero-order valence-corrected chi connectivity index (χ0v) is 12.5. The van der Waals surface area contributed by atoms with Gasteiger partial charge in [-0.25, -0.2) is 9.59 Å². The maximum Gasteiger partial charge on any atom is 0.327 e. The Bertz CT molecular complexity index is 382. The first-order valence-electron chi connectivity index (χ1n) is 6.78. The highest BCUT2D eigenvalue weighted by molar-refractivity contribution is 8.00. The van der Waals surface area contributed by atoms with Crippen molar-refractivity contribution in [1.82, 2.24) is 10.2 Å². The van der Waals surface area contributed by atoms with Crippen LogP contribution in [0.4, 0.5) is 4.79 Å². The Kier molecular flexibility index (Phi) is 3.99. The third-order valence-corrected chi connectivity index (χ3v) is 5.67. The third kappa shape index (κ3) is 2.83. The van der Waals surface area contributed by atoms with Crippen molar-refractivity contribution in [2.45, 2.75) is 45.0 Å². The largest absolute Gasteiger partial charge is 0.480 e. The van der Waals surface area contributed by atoms with Crippen molar-refractivity contribution in [3.63, 3.8) is 0 Å². The molecule has 1 heterocycles. The summed E-state index contributed by atoms with van der Waals surface area (Å²) in [5.41, 5.74) is 0.241. The molecule has 0 aromatic rings. The minimum atomic E-state index is -0.919. The number of thioether (sulfide) groups is 1. The smallest absolute Gasteiger partial charge is 0.327 e. The van der Waals surface area contributed by atoms with E-state index in [0.717, 1.165) is 12.8 Å². The number of carbonyl (C=O) groups is 2. The number of rotatable bonds is 4. The second-order valence-corrected chi connectivity index (χ2v) is 7.22. The van der Waals surface area contributed by atoms with Crippen LogP contribution in [-0.4, -0.2) is 45.7 Å². The van der Waals surface area contributed by atoms with Gasteiger partial charge in [-0.1, -0.05) is 13.8 Å². The van der Waals surface area contributed by atoms with Gasteiger partial charge in [-0.15, -0.1) is 11.8 Å². The average molecular weight is 286 g/mol. The van der Waals surface area contributed by atoms with Crippen molar-refractivity contribution in [2.24, 2.45) is 11.3 Å². The first-order chi connectivity index (χ1) is 8.87. The van der Waals surface area contributed by atoms with Crippen LogP contribution in [0.25, 0.3) is 0 Å². The van der Waals surface area contributed by atoms with Crippen molar-refractivity contribution in [2.75, 3.05) is 12.3 Å². The number of hydrogen-bond acceptors (Lipinski definition) is 3. The van der Waals surface area contributed by atoms with Crippen LogP contribution in [0.1, 0.15) is 33.6 Å². The molecule has 1 saturated carbocycles. The lowest BCUT2D eigenvalue weighted by Crippen LogP contribution is -2.50. The number of nitrogens with one attached hydrogen (secondary N) is 1. The highest BCUT2D eigenvalue weighted by Crippen LogP contribution is 2.51. The molecule has 2 aliphatic rings. The Morgan fingerprint density at radius 3 is 2.58 bits per heavy atom. The second kappa shape index (κ2) is 5.23. The van der Waals surface area contributed by atoms with Gasteiger partial charge >= 0.3 is 12.0 Å². The van der Waals surface area contributed by atoms with Gasteiger partial charge in [0, 0.05) is 12.3 Å². The van der Waals surface area contributed by atoms with Crippen molar-refractivity contribution in [1.29, 1.82) is 0 Å². The zero-order chi connectivity index (χ0) is 14.2. The van der Waals surface area contributed by atoms with E-state index in [-0.39, 0.29) is 16.8 Å². The van der Waals surface area contributed by atoms with Gasteiger partial charge in [0.05, 0.1) is 5.37 Å². The fraction of sp³-hybridized carbons (Fsp3) is 0.846. The summed E-state index contributed by atoms with van der Waals surface area (Å²) in [6, 6.07) is -0.939. The molecule has 0 radical (unpaired) electrons. The van der Waals surface area contributed by atoms with Gasteiger partial charge in [-0.3, -0.25) is 4.90 Å². The predicted molar refractivity (Wildman–Crippen MR) is 75.1 cm³/mol. The standard InChI is InChI=1S/C13H22N2O3S/c1-8(2)13(4-5-13)7-14-12(18)15-9(3)19-6-10(15)11(16)17/h8-10H,4-7H2,1-3H3,(H,14,18)(H,16,17). The molecular weight excluding hydrogens is 264 g/mol. The van der Waals surface area contributed by atoms with Gasteiger partial charge in [-0.2, -0.15) is 0 Å². The fourth-order valence-electron chi connectivity index (χ4n) is 2.60. The molecular formula is C13H22N2O3S. The summed E-state index contributed by atoms with van der Waals surface area (Å²) >= 11 is 1.51. The molecule has 19 heavy (non-hydrogen) atoms. The SMILES string of the molecule is CC1SCC(C(=O)O)N1C(=O)NCC1(C(C)C)CC1. The molecule has 1 aliphatic heterocycles. The number of nitrogens with zero attached hydrogens (tertiary/aromatic N) is 1. The molecule has 108 valence electrons. The van der Waals surface area contributed by atoms with Crippen LogP contribution in [-0.2, 0) is 4.79 Å². The van der Waals surface area contributed by atoms with E-state index in [2.05, 4.69) is 19.2 Å². The minimum absolute atomic E-state index is 0.0738. The summed E-state index contributed by atoms with van der Waals surface area (Å²) in [4.78, 5) is 24.8. The Hall–Kier alpha value is -0.910. The molecule has 0 aromatic heterocycles. The number of carboxylic acids is 1. The number of carbonyl (C=O) groups excluding carboxylic acids is 1. The van der Waals surface area contributed by atoms with Crippen molar-refractivity contribution >= 4 is 23.8 Å². The Morgan fingerprint density at radius 1 is 1.47 bits per heavy atom. The zero-order valence-electron chi connectivity index (χ0n) is 11.7. The summed E-state index contributed by atoms with van der Waals surface area (Å²) in [7, 11) is 0. The Morgan fingerprint density at radius 2 is 2.11 bits per heavy atom. The lowest BCUT2D eigenvalue weighted by Gasteiger charge is -2.27. The molecule has 0 bridgehead atoms. The van der Waals surface area contributed by atoms with E-state index in [1.165, 1.54) is 16.7 Å². The Labute approximate surface area is 118 Å². The summed E-state index contributed by atoms with van der Waals surface area (Å²) in [6.07, 6.45) is 2.30. The van der Waals surface area contributed by atoms with Crippen LogP contribution in [0, 0.1) is 11.3 Å². The van der Waals surface area contributed by atoms with Crippen LogP contribution in [0.5, 0.6) is 0 Å². The van der Waals surface area contributed by atoms with Crippen molar-refractivity contribution in [3.8, 4) is 0 Å². The van der Waals surface area contributed by atoms with E-state index < -0.39 is 12.0 Å². The third-order valence-electron chi connectivity index (χ3n) is 4.45. The van der Waals surface area contributed by atoms with E-state index in [1.54, 1.807) is 0 Å². The van der Waals surface area contributed by atoms with Crippen LogP contribution < -0.4 is 5.32 Å². The molecule has 2 atom stereocenters. The highest BCUT2D eigenvalue weighted by atomic mass is 32.2. The average Bonchev–Trinajstić information content (AvgIpc) is 3.03. The first-order valence-corrected chi connectivity index (χ1v) is 7.83. The normalized spacial score (nSPS) is 28.5. The van der Waals surface area contributed by atoms with Crippen LogP contribution in [0.15, 0.2) is 0 Å². The number of urea groups is 1. The van der Waals surface area contributed by atoms with Crippen LogP contribution in [0.2, 0.25) is 0 Å². The lowest BCUT2D eigenvalue weighted by atomic mass is 9.92. The fourth-order valence-corrected chi connectivity index (χ4v) is 3.77. The van der Waals surface area contributed by atoms with E-state index in [1.807, 2.05) is 6.92 Å². The molecule has 2 amide bonds. The Balaban J connectivity index is 1.93. The molecule has 1 saturated heterocycles. The molecule has 2 rings (SSSR count). The maximum absolute atomic E-state index is 12.2. The molecule has 2 N–H and O–H groups in total. The maximum atomic E-state index is 12.2. The summed E-state index contributed by atoms with van der Waals surface area (Å²) in [5, 5.41) is 12.0. The van der Waals surface area contributed by atoms with Crippen molar-refractivity contribution in [3.05, 3.63) is 0 Å². The number of carboxylic acid groups (broad SMARTS) is 1. The van der Waals surface area contributed by atoms with Gasteiger partial charge in [-0.05, 0) is 31.1 Å². The molecule has 5 nitrogen and oxygen atoms in total.